The molecule has 6 heteroatoms. The molecule has 2 unspecified atom stereocenters. The molecule has 4 rings (SSSR count). The molecule has 5 nitrogen and oxygen atoms in total. The van der Waals surface area contributed by atoms with E-state index in [1.54, 1.807) is 11.6 Å². The predicted molar refractivity (Wildman–Crippen MR) is 129 cm³/mol. The second-order valence-corrected chi connectivity index (χ2v) is 9.59. The minimum absolute atomic E-state index is 0.253. The molecular weight excluding hydrogens is 418 g/mol. The lowest BCUT2D eigenvalue weighted by molar-refractivity contribution is -0.124. The van der Waals surface area contributed by atoms with Crippen molar-refractivity contribution in [3.63, 3.8) is 0 Å². The highest BCUT2D eigenvalue weighted by atomic mass is 32.1. The summed E-state index contributed by atoms with van der Waals surface area (Å²) in [5.74, 6) is -0.0206. The van der Waals surface area contributed by atoms with Crippen LogP contribution in [-0.4, -0.2) is 33.6 Å². The number of fused-ring (bicyclic) bond motifs is 1. The van der Waals surface area contributed by atoms with Gasteiger partial charge in [-0.15, -0.1) is 11.3 Å². The molecule has 0 saturated carbocycles. The highest BCUT2D eigenvalue weighted by Gasteiger charge is 2.36. The van der Waals surface area contributed by atoms with E-state index in [1.165, 1.54) is 22.1 Å². The molecular formula is C26H29N3O2S. The third kappa shape index (κ3) is 5.15. The summed E-state index contributed by atoms with van der Waals surface area (Å²) in [6.45, 7) is 5.57. The van der Waals surface area contributed by atoms with Crippen molar-refractivity contribution in [2.24, 2.45) is 5.92 Å². The van der Waals surface area contributed by atoms with Crippen LogP contribution in [-0.2, 0) is 17.6 Å². The number of amides is 1. The van der Waals surface area contributed by atoms with Crippen LogP contribution in [0.3, 0.4) is 0 Å². The topological polar surface area (TPSA) is 65.5 Å². The zero-order valence-corrected chi connectivity index (χ0v) is 19.3. The van der Waals surface area contributed by atoms with Crippen molar-refractivity contribution in [1.29, 1.82) is 0 Å². The van der Waals surface area contributed by atoms with Crippen LogP contribution in [0.2, 0.25) is 0 Å². The largest absolute Gasteiger partial charge is 0.288 e. The molecule has 0 radical (unpaired) electrons. The first kappa shape index (κ1) is 22.4. The normalized spacial score (nSPS) is 18.8. The number of pyridine rings is 1. The van der Waals surface area contributed by atoms with Crippen molar-refractivity contribution >= 4 is 23.3 Å². The Kier molecular flexibility index (Phi) is 7.15. The number of hydroxylamine groups is 1. The minimum Gasteiger partial charge on any atom is -0.288 e. The third-order valence-corrected chi connectivity index (χ3v) is 6.78. The van der Waals surface area contributed by atoms with E-state index >= 15 is 0 Å². The Morgan fingerprint density at radius 2 is 2.03 bits per heavy atom. The Hall–Kier alpha value is -2.80. The van der Waals surface area contributed by atoms with E-state index < -0.39 is 5.91 Å². The lowest BCUT2D eigenvalue weighted by Crippen LogP contribution is -2.46. The molecule has 166 valence electrons. The second-order valence-electron chi connectivity index (χ2n) is 8.64. The molecule has 2 atom stereocenters. The zero-order valence-electron chi connectivity index (χ0n) is 18.4. The highest BCUT2D eigenvalue weighted by molar-refractivity contribution is 7.10. The van der Waals surface area contributed by atoms with Crippen molar-refractivity contribution in [1.82, 2.24) is 15.4 Å². The minimum atomic E-state index is -0.566. The van der Waals surface area contributed by atoms with Crippen LogP contribution in [0.15, 0.2) is 66.1 Å². The van der Waals surface area contributed by atoms with Crippen LogP contribution < -0.4 is 5.48 Å². The first-order valence-electron chi connectivity index (χ1n) is 11.0. The maximum Gasteiger partial charge on any atom is 0.267 e. The van der Waals surface area contributed by atoms with Crippen LogP contribution in [0.25, 0.3) is 6.08 Å². The molecule has 0 spiro atoms. The molecule has 2 aromatic heterocycles. The fraction of sp³-hybridized carbons (Fsp3) is 0.308. The van der Waals surface area contributed by atoms with E-state index in [-0.39, 0.29) is 6.04 Å². The standard InChI is InChI=1S/C26H29N3O2S/c1-18(2)17-29-23(16-22-10-6-9-21(27-22)11-12-24(30)28-31)15-20-13-14-32-26(20)25(29)19-7-4-3-5-8-19/h3-14,18,23,25,31H,15-17H2,1-2H3,(H,28,30)/b12-11+. The van der Waals surface area contributed by atoms with Gasteiger partial charge in [0.25, 0.3) is 5.91 Å². The molecule has 1 aliphatic rings. The van der Waals surface area contributed by atoms with Gasteiger partial charge in [0.15, 0.2) is 0 Å². The van der Waals surface area contributed by atoms with Crippen LogP contribution in [0.1, 0.15) is 47.3 Å². The molecule has 3 heterocycles. The number of nitrogens with zero attached hydrogens (tertiary/aromatic N) is 2. The van der Waals surface area contributed by atoms with Gasteiger partial charge in [0, 0.05) is 35.7 Å². The fourth-order valence-corrected chi connectivity index (χ4v) is 5.56. The SMILES string of the molecule is CC(C)CN1C(Cc2cccc(/C=C/C(=O)NO)n2)Cc2ccsc2C1c1ccccc1. The van der Waals surface area contributed by atoms with Crippen molar-refractivity contribution in [2.75, 3.05) is 6.54 Å². The molecule has 1 aliphatic heterocycles. The van der Waals surface area contributed by atoms with Gasteiger partial charge >= 0.3 is 0 Å². The predicted octanol–water partition coefficient (Wildman–Crippen LogP) is 4.88. The Labute approximate surface area is 193 Å². The van der Waals surface area contributed by atoms with Gasteiger partial charge in [0.1, 0.15) is 0 Å². The maximum absolute atomic E-state index is 11.3. The summed E-state index contributed by atoms with van der Waals surface area (Å²) in [6, 6.07) is 19.5. The molecule has 3 aromatic rings. The van der Waals surface area contributed by atoms with Gasteiger partial charge in [0.05, 0.1) is 11.7 Å². The number of carbonyl (C=O) groups excluding carboxylic acids is 1. The molecule has 1 aromatic carbocycles. The van der Waals surface area contributed by atoms with E-state index in [2.05, 4.69) is 66.6 Å². The summed E-state index contributed by atoms with van der Waals surface area (Å²) < 4.78 is 0. The number of hydrogen-bond donors (Lipinski definition) is 2. The summed E-state index contributed by atoms with van der Waals surface area (Å²) in [5.41, 5.74) is 6.08. The monoisotopic (exact) mass is 447 g/mol. The van der Waals surface area contributed by atoms with E-state index in [4.69, 9.17) is 10.2 Å². The Balaban J connectivity index is 1.66. The lowest BCUT2D eigenvalue weighted by atomic mass is 9.88. The van der Waals surface area contributed by atoms with Gasteiger partial charge in [-0.25, -0.2) is 5.48 Å². The van der Waals surface area contributed by atoms with Crippen LogP contribution in [0.5, 0.6) is 0 Å². The van der Waals surface area contributed by atoms with E-state index in [1.807, 2.05) is 23.5 Å². The van der Waals surface area contributed by atoms with Crippen LogP contribution in [0, 0.1) is 5.92 Å². The molecule has 0 bridgehead atoms. The Bertz CT molecular complexity index is 1080. The summed E-state index contributed by atoms with van der Waals surface area (Å²) in [5, 5.41) is 10.9. The second kappa shape index (κ2) is 10.2. The number of thiophene rings is 1. The van der Waals surface area contributed by atoms with E-state index in [9.17, 15) is 4.79 Å². The molecule has 0 aliphatic carbocycles. The maximum atomic E-state index is 11.3. The Morgan fingerprint density at radius 1 is 1.22 bits per heavy atom. The average molecular weight is 448 g/mol. The first-order valence-corrected chi connectivity index (χ1v) is 11.9. The number of benzene rings is 1. The smallest absolute Gasteiger partial charge is 0.267 e. The van der Waals surface area contributed by atoms with Crippen molar-refractivity contribution in [3.8, 4) is 0 Å². The van der Waals surface area contributed by atoms with Crippen LogP contribution >= 0.6 is 11.3 Å². The van der Waals surface area contributed by atoms with Gasteiger partial charge in [-0.2, -0.15) is 0 Å². The zero-order chi connectivity index (χ0) is 22.5. The van der Waals surface area contributed by atoms with Crippen molar-refractivity contribution in [2.45, 2.75) is 38.8 Å². The summed E-state index contributed by atoms with van der Waals surface area (Å²) in [7, 11) is 0. The third-order valence-electron chi connectivity index (χ3n) is 5.77. The van der Waals surface area contributed by atoms with Gasteiger partial charge in [-0.3, -0.25) is 19.9 Å². The van der Waals surface area contributed by atoms with E-state index in [0.29, 0.717) is 17.7 Å². The van der Waals surface area contributed by atoms with Gasteiger partial charge in [0.2, 0.25) is 0 Å². The summed E-state index contributed by atoms with van der Waals surface area (Å²) >= 11 is 1.86. The van der Waals surface area contributed by atoms with Crippen LogP contribution in [0.4, 0.5) is 0 Å². The average Bonchev–Trinajstić information content (AvgIpc) is 3.26. The summed E-state index contributed by atoms with van der Waals surface area (Å²) in [6.07, 6.45) is 4.73. The molecule has 0 fully saturated rings. The number of aromatic nitrogens is 1. The van der Waals surface area contributed by atoms with Crippen molar-refractivity contribution < 1.29 is 10.0 Å². The van der Waals surface area contributed by atoms with Gasteiger partial charge < -0.3 is 0 Å². The number of rotatable bonds is 7. The molecule has 2 N–H and O–H groups in total. The molecule has 32 heavy (non-hydrogen) atoms. The fourth-order valence-electron chi connectivity index (χ4n) is 4.48. The number of hydrogen-bond acceptors (Lipinski definition) is 5. The Morgan fingerprint density at radius 3 is 2.78 bits per heavy atom. The molecule has 0 saturated heterocycles. The summed E-state index contributed by atoms with van der Waals surface area (Å²) in [4.78, 5) is 20.2. The van der Waals surface area contributed by atoms with Crippen molar-refractivity contribution in [3.05, 3.63) is 93.4 Å². The number of nitrogens with one attached hydrogen (secondary N) is 1. The van der Waals surface area contributed by atoms with Gasteiger partial charge in [-0.05, 0) is 53.1 Å². The van der Waals surface area contributed by atoms with E-state index in [0.717, 1.165) is 25.1 Å². The molecule has 1 amide bonds. The lowest BCUT2D eigenvalue weighted by Gasteiger charge is -2.43. The van der Waals surface area contributed by atoms with Gasteiger partial charge in [-0.1, -0.05) is 50.2 Å². The first-order chi connectivity index (χ1) is 15.5. The number of carbonyl (C=O) groups is 1. The highest BCUT2D eigenvalue weighted by Crippen LogP contribution is 2.41. The quantitative estimate of drug-likeness (QED) is 0.308.